The van der Waals surface area contributed by atoms with Crippen molar-refractivity contribution in [2.75, 3.05) is 13.1 Å². The number of amides is 1. The first-order chi connectivity index (χ1) is 10.8. The van der Waals surface area contributed by atoms with E-state index in [-0.39, 0.29) is 17.8 Å². The van der Waals surface area contributed by atoms with E-state index in [1.807, 2.05) is 57.2 Å². The van der Waals surface area contributed by atoms with Gasteiger partial charge >= 0.3 is 6.09 Å². The fourth-order valence-electron chi connectivity index (χ4n) is 2.55. The third kappa shape index (κ3) is 5.55. The molecular weight excluding hydrogens is 290 g/mol. The molecule has 1 aliphatic heterocycles. The molecule has 0 spiro atoms. The van der Waals surface area contributed by atoms with Gasteiger partial charge in [0.25, 0.3) is 0 Å². The van der Waals surface area contributed by atoms with Crippen molar-refractivity contribution in [2.45, 2.75) is 39.2 Å². The van der Waals surface area contributed by atoms with Crippen molar-refractivity contribution < 1.29 is 14.3 Å². The summed E-state index contributed by atoms with van der Waals surface area (Å²) in [4.78, 5) is 26.0. The Balaban J connectivity index is 1.83. The molecule has 2 rings (SSSR count). The summed E-state index contributed by atoms with van der Waals surface area (Å²) in [6.45, 7) is 6.72. The van der Waals surface area contributed by atoms with Crippen LogP contribution in [-0.2, 0) is 9.53 Å². The predicted octanol–water partition coefficient (Wildman–Crippen LogP) is 3.92. The van der Waals surface area contributed by atoms with Crippen molar-refractivity contribution in [1.82, 2.24) is 4.90 Å². The van der Waals surface area contributed by atoms with Crippen LogP contribution in [0.3, 0.4) is 0 Å². The zero-order valence-electron chi connectivity index (χ0n) is 14.1. The highest BCUT2D eigenvalue weighted by atomic mass is 16.6. The van der Waals surface area contributed by atoms with Crippen LogP contribution >= 0.6 is 0 Å². The third-order valence-electron chi connectivity index (χ3n) is 3.79. The Morgan fingerprint density at radius 2 is 1.74 bits per heavy atom. The normalized spacial score (nSPS) is 16.6. The van der Waals surface area contributed by atoms with Gasteiger partial charge in [-0.1, -0.05) is 36.4 Å². The molecule has 23 heavy (non-hydrogen) atoms. The van der Waals surface area contributed by atoms with Gasteiger partial charge in [-0.2, -0.15) is 0 Å². The zero-order chi connectivity index (χ0) is 16.9. The largest absolute Gasteiger partial charge is 0.444 e. The number of allylic oxidation sites excluding steroid dienone is 1. The summed E-state index contributed by atoms with van der Waals surface area (Å²) < 4.78 is 5.37. The molecule has 1 fully saturated rings. The number of likely N-dealkylation sites (tertiary alicyclic amines) is 1. The van der Waals surface area contributed by atoms with Crippen molar-refractivity contribution >= 4 is 18.0 Å². The molecule has 4 nitrogen and oxygen atoms in total. The fourth-order valence-corrected chi connectivity index (χ4v) is 2.55. The van der Waals surface area contributed by atoms with Gasteiger partial charge in [0.2, 0.25) is 0 Å². The van der Waals surface area contributed by atoms with E-state index in [0.717, 1.165) is 5.56 Å². The zero-order valence-corrected chi connectivity index (χ0v) is 14.1. The SMILES string of the molecule is CC(C)(C)OC(=O)N1CCC(C(=O)/C=C/c2ccccc2)CC1. The smallest absolute Gasteiger partial charge is 0.410 e. The molecule has 0 saturated carbocycles. The van der Waals surface area contributed by atoms with Crippen LogP contribution in [-0.4, -0.2) is 35.5 Å². The number of carbonyl (C=O) groups is 2. The second-order valence-corrected chi connectivity index (χ2v) is 6.89. The van der Waals surface area contributed by atoms with Gasteiger partial charge in [-0.15, -0.1) is 0 Å². The van der Waals surface area contributed by atoms with E-state index >= 15 is 0 Å². The number of piperidine rings is 1. The highest BCUT2D eigenvalue weighted by Crippen LogP contribution is 2.21. The minimum absolute atomic E-state index is 0.00588. The molecule has 1 amide bonds. The lowest BCUT2D eigenvalue weighted by molar-refractivity contribution is -0.119. The van der Waals surface area contributed by atoms with E-state index in [1.165, 1.54) is 0 Å². The Kier molecular flexibility index (Phi) is 5.59. The lowest BCUT2D eigenvalue weighted by atomic mass is 9.92. The number of ether oxygens (including phenoxy) is 1. The first-order valence-electron chi connectivity index (χ1n) is 8.10. The molecule has 4 heteroatoms. The number of carbonyl (C=O) groups excluding carboxylic acids is 2. The van der Waals surface area contributed by atoms with Crippen molar-refractivity contribution in [3.8, 4) is 0 Å². The van der Waals surface area contributed by atoms with Crippen LogP contribution in [0.1, 0.15) is 39.2 Å². The summed E-state index contributed by atoms with van der Waals surface area (Å²) in [5.74, 6) is 0.131. The highest BCUT2D eigenvalue weighted by molar-refractivity contribution is 5.95. The Hall–Kier alpha value is -2.10. The van der Waals surface area contributed by atoms with Gasteiger partial charge in [0.1, 0.15) is 5.60 Å². The van der Waals surface area contributed by atoms with Gasteiger partial charge in [-0.3, -0.25) is 4.79 Å². The molecule has 1 aromatic carbocycles. The lowest BCUT2D eigenvalue weighted by Gasteiger charge is -2.32. The molecule has 1 saturated heterocycles. The summed E-state index contributed by atoms with van der Waals surface area (Å²) in [5.41, 5.74) is 0.536. The Labute approximate surface area is 138 Å². The van der Waals surface area contributed by atoms with Crippen LogP contribution in [0.4, 0.5) is 4.79 Å². The maximum atomic E-state index is 12.3. The summed E-state index contributed by atoms with van der Waals surface area (Å²) in [6.07, 6.45) is 4.60. The maximum absolute atomic E-state index is 12.3. The third-order valence-corrected chi connectivity index (χ3v) is 3.79. The van der Waals surface area contributed by atoms with Crippen LogP contribution in [0, 0.1) is 5.92 Å². The predicted molar refractivity (Wildman–Crippen MR) is 91.0 cm³/mol. The van der Waals surface area contributed by atoms with Crippen molar-refractivity contribution in [3.63, 3.8) is 0 Å². The molecule has 1 heterocycles. The quantitative estimate of drug-likeness (QED) is 0.794. The number of nitrogens with zero attached hydrogens (tertiary/aromatic N) is 1. The summed E-state index contributed by atoms with van der Waals surface area (Å²) in [5, 5.41) is 0. The molecule has 0 bridgehead atoms. The molecule has 0 aromatic heterocycles. The average molecular weight is 315 g/mol. The first kappa shape index (κ1) is 17.3. The number of benzene rings is 1. The van der Waals surface area contributed by atoms with Crippen molar-refractivity contribution in [1.29, 1.82) is 0 Å². The summed E-state index contributed by atoms with van der Waals surface area (Å²) >= 11 is 0. The van der Waals surface area contributed by atoms with Crippen LogP contribution < -0.4 is 0 Å². The van der Waals surface area contributed by atoms with Crippen LogP contribution in [0.5, 0.6) is 0 Å². The minimum atomic E-state index is -0.484. The van der Waals surface area contributed by atoms with Gasteiger partial charge in [0, 0.05) is 19.0 Å². The van der Waals surface area contributed by atoms with Gasteiger partial charge in [-0.25, -0.2) is 4.79 Å². The molecule has 0 N–H and O–H groups in total. The fraction of sp³-hybridized carbons (Fsp3) is 0.474. The van der Waals surface area contributed by atoms with Gasteiger partial charge in [0.05, 0.1) is 0 Å². The Morgan fingerprint density at radius 3 is 2.30 bits per heavy atom. The second-order valence-electron chi connectivity index (χ2n) is 6.89. The second kappa shape index (κ2) is 7.44. The molecule has 1 aromatic rings. The standard InChI is InChI=1S/C19H25NO3/c1-19(2,3)23-18(22)20-13-11-16(12-14-20)17(21)10-9-15-7-5-4-6-8-15/h4-10,16H,11-14H2,1-3H3/b10-9+. The monoisotopic (exact) mass is 315 g/mol. The summed E-state index contributed by atoms with van der Waals surface area (Å²) in [6, 6.07) is 9.78. The highest BCUT2D eigenvalue weighted by Gasteiger charge is 2.28. The molecular formula is C19H25NO3. The number of hydrogen-bond donors (Lipinski definition) is 0. The van der Waals surface area contributed by atoms with Crippen LogP contribution in [0.25, 0.3) is 6.08 Å². The van der Waals surface area contributed by atoms with E-state index in [9.17, 15) is 9.59 Å². The molecule has 1 aliphatic rings. The van der Waals surface area contributed by atoms with E-state index in [4.69, 9.17) is 4.74 Å². The molecule has 124 valence electrons. The minimum Gasteiger partial charge on any atom is -0.444 e. The van der Waals surface area contributed by atoms with Gasteiger partial charge in [0.15, 0.2) is 5.78 Å². The maximum Gasteiger partial charge on any atom is 0.410 e. The topological polar surface area (TPSA) is 46.6 Å². The van der Waals surface area contributed by atoms with Gasteiger partial charge < -0.3 is 9.64 Å². The summed E-state index contributed by atoms with van der Waals surface area (Å²) in [7, 11) is 0. The number of ketones is 1. The van der Waals surface area contributed by atoms with E-state index in [2.05, 4.69) is 0 Å². The Morgan fingerprint density at radius 1 is 1.13 bits per heavy atom. The van der Waals surface area contributed by atoms with Crippen molar-refractivity contribution in [3.05, 3.63) is 42.0 Å². The molecule has 0 unspecified atom stereocenters. The number of hydrogen-bond acceptors (Lipinski definition) is 3. The van der Waals surface area contributed by atoms with Crippen molar-refractivity contribution in [2.24, 2.45) is 5.92 Å². The van der Waals surface area contributed by atoms with Crippen LogP contribution in [0.2, 0.25) is 0 Å². The number of rotatable bonds is 3. The van der Waals surface area contributed by atoms with E-state index < -0.39 is 5.60 Å². The first-order valence-corrected chi connectivity index (χ1v) is 8.10. The Bertz CT molecular complexity index is 564. The molecule has 0 aliphatic carbocycles. The van der Waals surface area contributed by atoms with Gasteiger partial charge in [-0.05, 0) is 45.3 Å². The lowest BCUT2D eigenvalue weighted by Crippen LogP contribution is -2.42. The molecule has 0 radical (unpaired) electrons. The van der Waals surface area contributed by atoms with E-state index in [1.54, 1.807) is 11.0 Å². The molecule has 0 atom stereocenters. The van der Waals surface area contributed by atoms with Crippen LogP contribution in [0.15, 0.2) is 36.4 Å². The average Bonchev–Trinajstić information content (AvgIpc) is 2.52. The van der Waals surface area contributed by atoms with E-state index in [0.29, 0.717) is 25.9 Å².